The largest absolute Gasteiger partial charge is 0.396 e. The number of hydrogen-bond donors (Lipinski definition) is 1. The smallest absolute Gasteiger partial charge is 0.0431 e. The number of likely N-dealkylation sites (N-methyl/N-ethyl adjacent to an activating group) is 1. The van der Waals surface area contributed by atoms with Gasteiger partial charge in [-0.1, -0.05) is 37.3 Å². The van der Waals surface area contributed by atoms with E-state index >= 15 is 0 Å². The van der Waals surface area contributed by atoms with Crippen molar-refractivity contribution >= 4 is 0 Å². The Kier molecular flexibility index (Phi) is 6.90. The first kappa shape index (κ1) is 14.2. The Balaban J connectivity index is 2.40. The zero-order valence-corrected chi connectivity index (χ0v) is 11.1. The van der Waals surface area contributed by atoms with E-state index in [0.717, 1.165) is 32.4 Å². The SMILES string of the molecule is CCN(CCCCO)C(C)Cc1ccccc1. The minimum Gasteiger partial charge on any atom is -0.396 e. The molecular weight excluding hydrogens is 210 g/mol. The van der Waals surface area contributed by atoms with Gasteiger partial charge in [0.25, 0.3) is 0 Å². The van der Waals surface area contributed by atoms with Crippen LogP contribution in [0.15, 0.2) is 30.3 Å². The molecule has 0 fully saturated rings. The highest BCUT2D eigenvalue weighted by Gasteiger charge is 2.11. The van der Waals surface area contributed by atoms with Gasteiger partial charge in [0.2, 0.25) is 0 Å². The molecule has 1 aromatic rings. The number of hydrogen-bond acceptors (Lipinski definition) is 2. The lowest BCUT2D eigenvalue weighted by Crippen LogP contribution is -2.35. The zero-order valence-electron chi connectivity index (χ0n) is 11.1. The molecule has 0 saturated heterocycles. The average Bonchev–Trinajstić information content (AvgIpc) is 2.36. The van der Waals surface area contributed by atoms with Crippen LogP contribution in [-0.4, -0.2) is 35.7 Å². The van der Waals surface area contributed by atoms with Crippen LogP contribution >= 0.6 is 0 Å². The van der Waals surface area contributed by atoms with Gasteiger partial charge in [-0.3, -0.25) is 0 Å². The van der Waals surface area contributed by atoms with Crippen molar-refractivity contribution in [1.29, 1.82) is 0 Å². The fourth-order valence-corrected chi connectivity index (χ4v) is 2.20. The van der Waals surface area contributed by atoms with Crippen molar-refractivity contribution in [2.24, 2.45) is 0 Å². The van der Waals surface area contributed by atoms with Crippen LogP contribution in [0.1, 0.15) is 32.3 Å². The monoisotopic (exact) mass is 235 g/mol. The van der Waals surface area contributed by atoms with Gasteiger partial charge in [0.1, 0.15) is 0 Å². The summed E-state index contributed by atoms with van der Waals surface area (Å²) in [7, 11) is 0. The topological polar surface area (TPSA) is 23.5 Å². The zero-order chi connectivity index (χ0) is 12.5. The molecule has 1 atom stereocenters. The molecule has 0 spiro atoms. The predicted octanol–water partition coefficient (Wildman–Crippen LogP) is 2.71. The summed E-state index contributed by atoms with van der Waals surface area (Å²) in [5.41, 5.74) is 1.40. The van der Waals surface area contributed by atoms with E-state index in [-0.39, 0.29) is 0 Å². The summed E-state index contributed by atoms with van der Waals surface area (Å²) >= 11 is 0. The molecule has 1 N–H and O–H groups in total. The van der Waals surface area contributed by atoms with Crippen molar-refractivity contribution in [3.63, 3.8) is 0 Å². The number of aliphatic hydroxyl groups excluding tert-OH is 1. The third-order valence-corrected chi connectivity index (χ3v) is 3.26. The Bertz CT molecular complexity index is 286. The highest BCUT2D eigenvalue weighted by atomic mass is 16.2. The number of aliphatic hydroxyl groups is 1. The fraction of sp³-hybridized carbons (Fsp3) is 0.600. The highest BCUT2D eigenvalue weighted by Crippen LogP contribution is 2.09. The molecule has 2 heteroatoms. The van der Waals surface area contributed by atoms with E-state index in [0.29, 0.717) is 12.6 Å². The molecule has 0 radical (unpaired) electrons. The molecule has 0 heterocycles. The minimum atomic E-state index is 0.310. The molecule has 0 aromatic heterocycles. The van der Waals surface area contributed by atoms with Crippen LogP contribution in [0.3, 0.4) is 0 Å². The third kappa shape index (κ3) is 5.33. The number of benzene rings is 1. The molecule has 0 amide bonds. The van der Waals surface area contributed by atoms with E-state index < -0.39 is 0 Å². The molecule has 2 nitrogen and oxygen atoms in total. The molecular formula is C15H25NO. The fourth-order valence-electron chi connectivity index (χ4n) is 2.20. The Morgan fingerprint density at radius 2 is 1.88 bits per heavy atom. The molecule has 0 aliphatic rings. The van der Waals surface area contributed by atoms with Crippen molar-refractivity contribution in [3.8, 4) is 0 Å². The Labute approximate surface area is 105 Å². The molecule has 96 valence electrons. The van der Waals surface area contributed by atoms with Gasteiger partial charge in [-0.25, -0.2) is 0 Å². The van der Waals surface area contributed by atoms with Gasteiger partial charge in [-0.15, -0.1) is 0 Å². The lowest BCUT2D eigenvalue weighted by molar-refractivity contribution is 0.203. The second-order valence-corrected chi connectivity index (χ2v) is 4.60. The van der Waals surface area contributed by atoms with Crippen molar-refractivity contribution in [3.05, 3.63) is 35.9 Å². The van der Waals surface area contributed by atoms with E-state index in [1.54, 1.807) is 0 Å². The van der Waals surface area contributed by atoms with Gasteiger partial charge in [0, 0.05) is 12.6 Å². The van der Waals surface area contributed by atoms with E-state index in [2.05, 4.69) is 49.1 Å². The molecule has 17 heavy (non-hydrogen) atoms. The summed E-state index contributed by atoms with van der Waals surface area (Å²) in [5.74, 6) is 0. The van der Waals surface area contributed by atoms with E-state index in [4.69, 9.17) is 5.11 Å². The highest BCUT2D eigenvalue weighted by molar-refractivity contribution is 5.15. The molecule has 0 aliphatic heterocycles. The summed E-state index contributed by atoms with van der Waals surface area (Å²) in [5, 5.41) is 8.81. The quantitative estimate of drug-likeness (QED) is 0.700. The maximum Gasteiger partial charge on any atom is 0.0431 e. The van der Waals surface area contributed by atoms with Gasteiger partial charge >= 0.3 is 0 Å². The van der Waals surface area contributed by atoms with Gasteiger partial charge in [0.05, 0.1) is 0 Å². The van der Waals surface area contributed by atoms with E-state index in [9.17, 15) is 0 Å². The Morgan fingerprint density at radius 3 is 2.47 bits per heavy atom. The van der Waals surface area contributed by atoms with Gasteiger partial charge in [-0.05, 0) is 44.8 Å². The predicted molar refractivity (Wildman–Crippen MR) is 73.2 cm³/mol. The number of nitrogens with zero attached hydrogens (tertiary/aromatic N) is 1. The first-order chi connectivity index (χ1) is 8.27. The van der Waals surface area contributed by atoms with Gasteiger partial charge in [-0.2, -0.15) is 0 Å². The van der Waals surface area contributed by atoms with Gasteiger partial charge < -0.3 is 10.0 Å². The van der Waals surface area contributed by atoms with Crippen LogP contribution in [-0.2, 0) is 6.42 Å². The van der Waals surface area contributed by atoms with Crippen LogP contribution in [0.25, 0.3) is 0 Å². The summed E-state index contributed by atoms with van der Waals surface area (Å²) in [4.78, 5) is 2.49. The van der Waals surface area contributed by atoms with Crippen LogP contribution in [0, 0.1) is 0 Å². The van der Waals surface area contributed by atoms with Crippen molar-refractivity contribution in [2.45, 2.75) is 39.2 Å². The molecule has 1 unspecified atom stereocenters. The lowest BCUT2D eigenvalue weighted by Gasteiger charge is -2.27. The van der Waals surface area contributed by atoms with Crippen molar-refractivity contribution in [1.82, 2.24) is 4.90 Å². The maximum atomic E-state index is 8.81. The van der Waals surface area contributed by atoms with Crippen molar-refractivity contribution < 1.29 is 5.11 Å². The lowest BCUT2D eigenvalue weighted by atomic mass is 10.1. The van der Waals surface area contributed by atoms with E-state index in [1.807, 2.05) is 0 Å². The Hall–Kier alpha value is -0.860. The molecule has 0 aliphatic carbocycles. The third-order valence-electron chi connectivity index (χ3n) is 3.26. The first-order valence-electron chi connectivity index (χ1n) is 6.66. The minimum absolute atomic E-state index is 0.310. The number of unbranched alkanes of at least 4 members (excludes halogenated alkanes) is 1. The Morgan fingerprint density at radius 1 is 1.18 bits per heavy atom. The van der Waals surface area contributed by atoms with Crippen LogP contribution in [0.2, 0.25) is 0 Å². The maximum absolute atomic E-state index is 8.81. The molecule has 1 rings (SSSR count). The van der Waals surface area contributed by atoms with Gasteiger partial charge in [0.15, 0.2) is 0 Å². The first-order valence-corrected chi connectivity index (χ1v) is 6.66. The normalized spacial score (nSPS) is 12.9. The van der Waals surface area contributed by atoms with Crippen LogP contribution < -0.4 is 0 Å². The van der Waals surface area contributed by atoms with Crippen molar-refractivity contribution in [2.75, 3.05) is 19.7 Å². The molecule has 0 saturated carbocycles. The molecule has 0 bridgehead atoms. The summed E-state index contributed by atoms with van der Waals surface area (Å²) < 4.78 is 0. The summed E-state index contributed by atoms with van der Waals surface area (Å²) in [6.45, 7) is 6.98. The second kappa shape index (κ2) is 8.26. The summed E-state index contributed by atoms with van der Waals surface area (Å²) in [6, 6.07) is 11.2. The summed E-state index contributed by atoms with van der Waals surface area (Å²) in [6.07, 6.45) is 3.10. The second-order valence-electron chi connectivity index (χ2n) is 4.60. The number of rotatable bonds is 8. The average molecular weight is 235 g/mol. The van der Waals surface area contributed by atoms with Crippen LogP contribution in [0.4, 0.5) is 0 Å². The van der Waals surface area contributed by atoms with E-state index in [1.165, 1.54) is 5.56 Å². The standard InChI is InChI=1S/C15H25NO/c1-3-16(11-7-8-12-17)14(2)13-15-9-5-4-6-10-15/h4-6,9-10,14,17H,3,7-8,11-13H2,1-2H3. The van der Waals surface area contributed by atoms with Crippen LogP contribution in [0.5, 0.6) is 0 Å². The molecule has 1 aromatic carbocycles.